The van der Waals surface area contributed by atoms with Gasteiger partial charge in [-0.25, -0.2) is 17.2 Å². The number of amides is 1. The molecule has 0 spiro atoms. The van der Waals surface area contributed by atoms with Crippen molar-refractivity contribution in [1.29, 1.82) is 5.26 Å². The van der Waals surface area contributed by atoms with Gasteiger partial charge in [-0.2, -0.15) is 19.1 Å². The number of carbonyl (C=O) groups excluding carboxylic acids is 1. The number of piperidine rings is 1. The molecule has 0 bridgehead atoms. The van der Waals surface area contributed by atoms with Crippen molar-refractivity contribution in [1.82, 2.24) is 9.78 Å². The standard InChI is InChI=1S/C25H28F4N6O4S/c26-23(27)15-5-9-34(10-6-15)22-18(24(31)37)1-2-19(33-40(38,39)12-11-36)21(22)20-13-17(14-30)35(32-20)16-3-7-25(28,29)8-4-16/h1-2,13,16,33,36H,3-12H2,(H2,31,37). The number of sulfonamides is 1. The van der Waals surface area contributed by atoms with Gasteiger partial charge >= 0.3 is 0 Å². The van der Waals surface area contributed by atoms with Gasteiger partial charge in [-0.05, 0) is 43.4 Å². The van der Waals surface area contributed by atoms with Gasteiger partial charge in [-0.1, -0.05) is 0 Å². The number of nitrogens with one attached hydrogen (secondary N) is 1. The SMILES string of the molecule is N#Cc1cc(-c2c(NS(=O)(=O)CCO)ccc(C(N)=O)c2N2CCC(=C(F)F)CC2)nn1C1CCC(F)(F)CC1. The Labute approximate surface area is 228 Å². The molecule has 0 radical (unpaired) electrons. The maximum atomic E-state index is 13.8. The average Bonchev–Trinajstić information content (AvgIpc) is 3.32. The van der Waals surface area contributed by atoms with Gasteiger partial charge < -0.3 is 15.7 Å². The summed E-state index contributed by atoms with van der Waals surface area (Å²) in [6, 6.07) is 5.42. The summed E-state index contributed by atoms with van der Waals surface area (Å²) in [7, 11) is -4.08. The molecule has 1 aliphatic heterocycles. The van der Waals surface area contributed by atoms with E-state index in [1.165, 1.54) is 22.9 Å². The molecule has 15 heteroatoms. The van der Waals surface area contributed by atoms with Crippen LogP contribution in [0.2, 0.25) is 0 Å². The number of anilines is 2. The predicted molar refractivity (Wildman–Crippen MR) is 139 cm³/mol. The lowest BCUT2D eigenvalue weighted by atomic mass is 9.92. The molecule has 2 fully saturated rings. The van der Waals surface area contributed by atoms with E-state index < -0.39 is 46.3 Å². The van der Waals surface area contributed by atoms with Crippen LogP contribution in [0.3, 0.4) is 0 Å². The van der Waals surface area contributed by atoms with Gasteiger partial charge in [-0.15, -0.1) is 0 Å². The monoisotopic (exact) mass is 584 g/mol. The molecule has 1 amide bonds. The highest BCUT2D eigenvalue weighted by molar-refractivity contribution is 7.92. The van der Waals surface area contributed by atoms with Crippen molar-refractivity contribution in [2.45, 2.75) is 50.5 Å². The van der Waals surface area contributed by atoms with Crippen molar-refractivity contribution < 1.29 is 35.9 Å². The Hall–Kier alpha value is -3.64. The predicted octanol–water partition coefficient (Wildman–Crippen LogP) is 3.76. The fraction of sp³-hybridized carbons (Fsp3) is 0.480. The number of aliphatic hydroxyl groups excluding tert-OH is 1. The third-order valence-corrected chi connectivity index (χ3v) is 8.41. The molecule has 0 atom stereocenters. The molecule has 1 aromatic carbocycles. The maximum Gasteiger partial charge on any atom is 0.269 e. The molecular formula is C25H28F4N6O4S. The summed E-state index contributed by atoms with van der Waals surface area (Å²) < 4.78 is 83.0. The second-order valence-corrected chi connectivity index (χ2v) is 11.6. The summed E-state index contributed by atoms with van der Waals surface area (Å²) >= 11 is 0. The number of primary amides is 1. The molecule has 10 nitrogen and oxygen atoms in total. The van der Waals surface area contributed by atoms with Crippen LogP contribution in [0.15, 0.2) is 29.9 Å². The zero-order valence-corrected chi connectivity index (χ0v) is 22.2. The minimum absolute atomic E-state index is 0.0192. The van der Waals surface area contributed by atoms with Crippen LogP contribution < -0.4 is 15.4 Å². The Morgan fingerprint density at radius 1 is 1.23 bits per heavy atom. The lowest BCUT2D eigenvalue weighted by Crippen LogP contribution is -2.33. The highest BCUT2D eigenvalue weighted by Gasteiger charge is 2.37. The molecule has 1 aliphatic carbocycles. The maximum absolute atomic E-state index is 13.8. The van der Waals surface area contributed by atoms with Crippen LogP contribution in [0.1, 0.15) is 60.6 Å². The van der Waals surface area contributed by atoms with E-state index in [4.69, 9.17) is 5.73 Å². The molecule has 0 unspecified atom stereocenters. The summed E-state index contributed by atoms with van der Waals surface area (Å²) in [6.45, 7) is -0.570. The van der Waals surface area contributed by atoms with Gasteiger partial charge in [0.2, 0.25) is 15.9 Å². The Balaban J connectivity index is 1.90. The number of aliphatic hydroxyl groups is 1. The highest BCUT2D eigenvalue weighted by atomic mass is 32.2. The summed E-state index contributed by atoms with van der Waals surface area (Å²) in [4.78, 5) is 14.1. The van der Waals surface area contributed by atoms with Crippen molar-refractivity contribution in [2.75, 3.05) is 35.1 Å². The average molecular weight is 585 g/mol. The molecule has 2 aromatic rings. The van der Waals surface area contributed by atoms with E-state index in [2.05, 4.69) is 9.82 Å². The first-order valence-electron chi connectivity index (χ1n) is 12.6. The molecule has 216 valence electrons. The minimum Gasteiger partial charge on any atom is -0.395 e. The second-order valence-electron chi connectivity index (χ2n) is 9.80. The molecule has 4 rings (SSSR count). The molecule has 1 saturated carbocycles. The zero-order valence-electron chi connectivity index (χ0n) is 21.3. The molecule has 2 aliphatic rings. The largest absolute Gasteiger partial charge is 0.395 e. The fourth-order valence-corrected chi connectivity index (χ4v) is 5.99. The molecule has 4 N–H and O–H groups in total. The summed E-state index contributed by atoms with van der Waals surface area (Å²) in [5.41, 5.74) is 5.85. The third kappa shape index (κ3) is 6.23. The van der Waals surface area contributed by atoms with Gasteiger partial charge in [-0.3, -0.25) is 14.2 Å². The summed E-state index contributed by atoms with van der Waals surface area (Å²) in [6.07, 6.45) is -2.48. The van der Waals surface area contributed by atoms with Gasteiger partial charge in [0.05, 0.1) is 46.6 Å². The van der Waals surface area contributed by atoms with Gasteiger partial charge in [0, 0.05) is 32.0 Å². The Kier molecular flexibility index (Phi) is 8.41. The van der Waals surface area contributed by atoms with Crippen LogP contribution in [0.25, 0.3) is 11.3 Å². The first-order valence-corrected chi connectivity index (χ1v) is 14.2. The van der Waals surface area contributed by atoms with Crippen LogP contribution >= 0.6 is 0 Å². The van der Waals surface area contributed by atoms with Gasteiger partial charge in [0.25, 0.3) is 12.0 Å². The Bertz CT molecular complexity index is 1460. The lowest BCUT2D eigenvalue weighted by Gasteiger charge is -2.33. The number of aromatic nitrogens is 2. The summed E-state index contributed by atoms with van der Waals surface area (Å²) in [5.74, 6) is -4.32. The first kappa shape index (κ1) is 29.3. The number of nitrogens with two attached hydrogens (primary N) is 1. The molecule has 2 heterocycles. The topological polar surface area (TPSA) is 154 Å². The third-order valence-electron chi connectivity index (χ3n) is 7.16. The number of rotatable bonds is 8. The molecule has 1 aromatic heterocycles. The zero-order chi connectivity index (χ0) is 29.2. The number of halogens is 4. The van der Waals surface area contributed by atoms with E-state index in [-0.39, 0.29) is 91.1 Å². The van der Waals surface area contributed by atoms with Gasteiger partial charge in [0.1, 0.15) is 11.8 Å². The smallest absolute Gasteiger partial charge is 0.269 e. The second kappa shape index (κ2) is 11.5. The van der Waals surface area contributed by atoms with Crippen LogP contribution in [-0.4, -0.2) is 60.6 Å². The van der Waals surface area contributed by atoms with E-state index in [0.29, 0.717) is 0 Å². The van der Waals surface area contributed by atoms with Crippen molar-refractivity contribution in [2.24, 2.45) is 5.73 Å². The fourth-order valence-electron chi connectivity index (χ4n) is 5.14. The van der Waals surface area contributed by atoms with E-state index >= 15 is 0 Å². The molecule has 1 saturated heterocycles. The molecular weight excluding hydrogens is 556 g/mol. The van der Waals surface area contributed by atoms with E-state index in [9.17, 15) is 41.1 Å². The van der Waals surface area contributed by atoms with Gasteiger partial charge in [0.15, 0.2) is 0 Å². The quantitative estimate of drug-likeness (QED) is 0.399. The van der Waals surface area contributed by atoms with Crippen LogP contribution in [-0.2, 0) is 10.0 Å². The highest BCUT2D eigenvalue weighted by Crippen LogP contribution is 2.44. The Morgan fingerprint density at radius 2 is 1.88 bits per heavy atom. The van der Waals surface area contributed by atoms with E-state index in [0.717, 1.165) is 0 Å². The van der Waals surface area contributed by atoms with Crippen LogP contribution in [0.5, 0.6) is 0 Å². The van der Waals surface area contributed by atoms with Crippen LogP contribution in [0.4, 0.5) is 28.9 Å². The van der Waals surface area contributed by atoms with Crippen molar-refractivity contribution in [3.05, 3.63) is 41.1 Å². The number of alkyl halides is 2. The number of carbonyl (C=O) groups is 1. The van der Waals surface area contributed by atoms with Crippen LogP contribution in [0, 0.1) is 11.3 Å². The normalized spacial score (nSPS) is 17.9. The number of nitrogens with zero attached hydrogens (tertiary/aromatic N) is 4. The van der Waals surface area contributed by atoms with Crippen molar-refractivity contribution in [3.63, 3.8) is 0 Å². The van der Waals surface area contributed by atoms with Crippen molar-refractivity contribution in [3.8, 4) is 17.3 Å². The first-order chi connectivity index (χ1) is 18.9. The number of nitriles is 1. The summed E-state index contributed by atoms with van der Waals surface area (Å²) in [5, 5.41) is 23.5. The lowest BCUT2D eigenvalue weighted by molar-refractivity contribution is -0.0450. The number of benzene rings is 1. The van der Waals surface area contributed by atoms with E-state index in [1.807, 2.05) is 6.07 Å². The number of hydrogen-bond acceptors (Lipinski definition) is 7. The van der Waals surface area contributed by atoms with Crippen molar-refractivity contribution >= 4 is 27.3 Å². The number of hydrogen-bond donors (Lipinski definition) is 3. The minimum atomic E-state index is -4.08. The van der Waals surface area contributed by atoms with E-state index in [1.54, 1.807) is 4.90 Å². The molecule has 40 heavy (non-hydrogen) atoms. The Morgan fingerprint density at radius 3 is 2.42 bits per heavy atom.